The van der Waals surface area contributed by atoms with Crippen LogP contribution in [0.5, 0.6) is 0 Å². The van der Waals surface area contributed by atoms with Gasteiger partial charge in [0.2, 0.25) is 15.9 Å². The van der Waals surface area contributed by atoms with Crippen molar-refractivity contribution in [2.24, 2.45) is 5.92 Å². The van der Waals surface area contributed by atoms with Crippen LogP contribution in [0.1, 0.15) is 44.6 Å². The maximum absolute atomic E-state index is 12.1. The van der Waals surface area contributed by atoms with E-state index in [1.165, 1.54) is 26.3 Å². The molecule has 0 saturated heterocycles. The standard InChI is InChI=1S/C17H26N2O3S/c1-13-5-3-4-6-16(13)19-17(20)12-9-14-7-10-15(11-8-14)23(21,22)18-2/h7-8,10-11,13,16,18H,3-6,9,12H2,1-2H3,(H,19,20)/t13-,16+/m1/s1. The molecule has 0 aromatic heterocycles. The molecule has 0 bridgehead atoms. The lowest BCUT2D eigenvalue weighted by atomic mass is 9.86. The summed E-state index contributed by atoms with van der Waals surface area (Å²) in [5, 5.41) is 3.14. The minimum Gasteiger partial charge on any atom is -0.353 e. The van der Waals surface area contributed by atoms with Crippen LogP contribution in [0.2, 0.25) is 0 Å². The van der Waals surface area contributed by atoms with E-state index in [1.807, 2.05) is 0 Å². The third-order valence-corrected chi connectivity index (χ3v) is 6.03. The fraction of sp³-hybridized carbons (Fsp3) is 0.588. The summed E-state index contributed by atoms with van der Waals surface area (Å²) in [5.74, 6) is 0.634. The molecular formula is C17H26N2O3S. The van der Waals surface area contributed by atoms with E-state index in [-0.39, 0.29) is 10.8 Å². The summed E-state index contributed by atoms with van der Waals surface area (Å²) in [5.41, 5.74) is 0.965. The average Bonchev–Trinajstić information content (AvgIpc) is 2.55. The van der Waals surface area contributed by atoms with Gasteiger partial charge < -0.3 is 5.32 Å². The average molecular weight is 338 g/mol. The Kier molecular flexibility index (Phi) is 6.18. The van der Waals surface area contributed by atoms with Crippen molar-refractivity contribution in [2.75, 3.05) is 7.05 Å². The molecule has 2 atom stereocenters. The molecule has 1 saturated carbocycles. The molecule has 1 aliphatic carbocycles. The topological polar surface area (TPSA) is 75.3 Å². The van der Waals surface area contributed by atoms with Crippen LogP contribution in [0, 0.1) is 5.92 Å². The van der Waals surface area contributed by atoms with Gasteiger partial charge in [-0.25, -0.2) is 13.1 Å². The van der Waals surface area contributed by atoms with Gasteiger partial charge in [0.05, 0.1) is 4.90 Å². The highest BCUT2D eigenvalue weighted by molar-refractivity contribution is 7.89. The molecule has 0 aliphatic heterocycles. The van der Waals surface area contributed by atoms with Crippen LogP contribution in [-0.2, 0) is 21.2 Å². The quantitative estimate of drug-likeness (QED) is 0.835. The first-order valence-corrected chi connectivity index (χ1v) is 9.72. The van der Waals surface area contributed by atoms with E-state index >= 15 is 0 Å². The Balaban J connectivity index is 1.84. The molecule has 0 radical (unpaired) electrons. The molecule has 1 amide bonds. The zero-order chi connectivity index (χ0) is 16.9. The number of carbonyl (C=O) groups is 1. The van der Waals surface area contributed by atoms with Gasteiger partial charge in [-0.2, -0.15) is 0 Å². The van der Waals surface area contributed by atoms with Crippen molar-refractivity contribution < 1.29 is 13.2 Å². The van der Waals surface area contributed by atoms with Crippen LogP contribution >= 0.6 is 0 Å². The highest BCUT2D eigenvalue weighted by Gasteiger charge is 2.22. The maximum atomic E-state index is 12.1. The van der Waals surface area contributed by atoms with E-state index in [0.717, 1.165) is 12.0 Å². The predicted molar refractivity (Wildman–Crippen MR) is 90.6 cm³/mol. The summed E-state index contributed by atoms with van der Waals surface area (Å²) >= 11 is 0. The third kappa shape index (κ3) is 5.04. The van der Waals surface area contributed by atoms with E-state index in [9.17, 15) is 13.2 Å². The molecule has 23 heavy (non-hydrogen) atoms. The van der Waals surface area contributed by atoms with Crippen LogP contribution in [0.25, 0.3) is 0 Å². The molecule has 2 rings (SSSR count). The summed E-state index contributed by atoms with van der Waals surface area (Å²) in [7, 11) is -2.01. The van der Waals surface area contributed by atoms with Gasteiger partial charge in [-0.15, -0.1) is 0 Å². The van der Waals surface area contributed by atoms with Crippen molar-refractivity contribution in [3.05, 3.63) is 29.8 Å². The summed E-state index contributed by atoms with van der Waals surface area (Å²) in [6.45, 7) is 2.20. The maximum Gasteiger partial charge on any atom is 0.240 e. The lowest BCUT2D eigenvalue weighted by molar-refractivity contribution is -0.122. The largest absolute Gasteiger partial charge is 0.353 e. The second-order valence-corrected chi connectivity index (χ2v) is 8.17. The number of carbonyl (C=O) groups excluding carboxylic acids is 1. The second-order valence-electron chi connectivity index (χ2n) is 6.29. The lowest BCUT2D eigenvalue weighted by Gasteiger charge is -2.29. The molecule has 0 heterocycles. The van der Waals surface area contributed by atoms with Gasteiger partial charge in [0.25, 0.3) is 0 Å². The van der Waals surface area contributed by atoms with Crippen molar-refractivity contribution in [1.82, 2.24) is 10.0 Å². The molecule has 0 unspecified atom stereocenters. The van der Waals surface area contributed by atoms with Gasteiger partial charge in [0.1, 0.15) is 0 Å². The van der Waals surface area contributed by atoms with Crippen molar-refractivity contribution in [3.63, 3.8) is 0 Å². The minimum absolute atomic E-state index is 0.0793. The first-order valence-electron chi connectivity index (χ1n) is 8.24. The predicted octanol–water partition coefficient (Wildman–Crippen LogP) is 2.22. The molecule has 2 N–H and O–H groups in total. The highest BCUT2D eigenvalue weighted by atomic mass is 32.2. The van der Waals surface area contributed by atoms with E-state index in [1.54, 1.807) is 24.3 Å². The van der Waals surface area contributed by atoms with E-state index < -0.39 is 10.0 Å². The number of hydrogen-bond donors (Lipinski definition) is 2. The van der Waals surface area contributed by atoms with Gasteiger partial charge in [-0.1, -0.05) is 31.9 Å². The smallest absolute Gasteiger partial charge is 0.240 e. The van der Waals surface area contributed by atoms with E-state index in [0.29, 0.717) is 24.8 Å². The van der Waals surface area contributed by atoms with Gasteiger partial charge in [0, 0.05) is 12.5 Å². The first-order chi connectivity index (χ1) is 10.9. The monoisotopic (exact) mass is 338 g/mol. The Morgan fingerprint density at radius 1 is 1.17 bits per heavy atom. The first kappa shape index (κ1) is 17.9. The normalized spacial score (nSPS) is 21.8. The number of hydrogen-bond acceptors (Lipinski definition) is 3. The number of sulfonamides is 1. The zero-order valence-electron chi connectivity index (χ0n) is 13.8. The van der Waals surface area contributed by atoms with Crippen molar-refractivity contribution in [2.45, 2.75) is 56.4 Å². The summed E-state index contributed by atoms with van der Waals surface area (Å²) in [6, 6.07) is 6.98. The number of rotatable bonds is 6. The van der Waals surface area contributed by atoms with Crippen LogP contribution in [0.3, 0.4) is 0 Å². The molecule has 1 aromatic carbocycles. The SMILES string of the molecule is CNS(=O)(=O)c1ccc(CCC(=O)N[C@H]2CCCC[C@H]2C)cc1. The van der Waals surface area contributed by atoms with Crippen LogP contribution in [-0.4, -0.2) is 27.4 Å². The summed E-state index contributed by atoms with van der Waals surface area (Å²) in [4.78, 5) is 12.3. The number of benzene rings is 1. The zero-order valence-corrected chi connectivity index (χ0v) is 14.7. The number of amides is 1. The van der Waals surface area contributed by atoms with Crippen molar-refractivity contribution in [3.8, 4) is 0 Å². The summed E-state index contributed by atoms with van der Waals surface area (Å²) in [6.07, 6.45) is 5.76. The highest BCUT2D eigenvalue weighted by Crippen LogP contribution is 2.23. The molecular weight excluding hydrogens is 312 g/mol. The molecule has 128 valence electrons. The minimum atomic E-state index is -3.40. The Hall–Kier alpha value is -1.40. The van der Waals surface area contributed by atoms with Gasteiger partial charge in [-0.05, 0) is 49.9 Å². The van der Waals surface area contributed by atoms with Gasteiger partial charge in [0.15, 0.2) is 0 Å². The lowest BCUT2D eigenvalue weighted by Crippen LogP contribution is -2.41. The van der Waals surface area contributed by atoms with Gasteiger partial charge >= 0.3 is 0 Å². The van der Waals surface area contributed by atoms with E-state index in [4.69, 9.17) is 0 Å². The number of nitrogens with one attached hydrogen (secondary N) is 2. The van der Waals surface area contributed by atoms with Crippen LogP contribution in [0.15, 0.2) is 29.2 Å². The Labute approximate surface area is 138 Å². The van der Waals surface area contributed by atoms with E-state index in [2.05, 4.69) is 17.0 Å². The Morgan fingerprint density at radius 3 is 2.43 bits per heavy atom. The van der Waals surface area contributed by atoms with Crippen molar-refractivity contribution >= 4 is 15.9 Å². The molecule has 6 heteroatoms. The number of aryl methyl sites for hydroxylation is 1. The van der Waals surface area contributed by atoms with Gasteiger partial charge in [-0.3, -0.25) is 4.79 Å². The molecule has 1 aliphatic rings. The summed E-state index contributed by atoms with van der Waals surface area (Å²) < 4.78 is 25.6. The third-order valence-electron chi connectivity index (χ3n) is 4.60. The Bertz CT molecular complexity index is 626. The second kappa shape index (κ2) is 7.93. The molecule has 1 aromatic rings. The Morgan fingerprint density at radius 2 is 1.83 bits per heavy atom. The van der Waals surface area contributed by atoms with Crippen LogP contribution in [0.4, 0.5) is 0 Å². The molecule has 1 fully saturated rings. The fourth-order valence-corrected chi connectivity index (χ4v) is 3.75. The van der Waals surface area contributed by atoms with Crippen LogP contribution < -0.4 is 10.0 Å². The van der Waals surface area contributed by atoms with Crippen molar-refractivity contribution in [1.29, 1.82) is 0 Å². The fourth-order valence-electron chi connectivity index (χ4n) is 3.02. The molecule has 5 nitrogen and oxygen atoms in total. The molecule has 0 spiro atoms.